The minimum absolute atomic E-state index is 0.214. The van der Waals surface area contributed by atoms with Crippen molar-refractivity contribution in [3.63, 3.8) is 0 Å². The Bertz CT molecular complexity index is 244. The van der Waals surface area contributed by atoms with Gasteiger partial charge in [0.2, 0.25) is 0 Å². The number of hydrogen-bond donors (Lipinski definition) is 2. The zero-order chi connectivity index (χ0) is 9.52. The molecule has 0 aliphatic heterocycles. The summed E-state index contributed by atoms with van der Waals surface area (Å²) in [5, 5.41) is 2.97. The van der Waals surface area contributed by atoms with E-state index in [1.807, 2.05) is 18.3 Å². The van der Waals surface area contributed by atoms with Crippen LogP contribution in [0.3, 0.4) is 0 Å². The van der Waals surface area contributed by atoms with Crippen molar-refractivity contribution in [1.29, 1.82) is 0 Å². The van der Waals surface area contributed by atoms with Gasteiger partial charge in [-0.05, 0) is 19.1 Å². The fourth-order valence-corrected chi connectivity index (χ4v) is 0.989. The Morgan fingerprint density at radius 2 is 2.54 bits per heavy atom. The number of nitrogens with one attached hydrogen (secondary N) is 2. The number of carbonyl (C=O) groups is 1. The number of carbonyl (C=O) groups excluding carboxylic acids is 1. The first kappa shape index (κ1) is 9.80. The normalized spacial score (nSPS) is 9.92. The van der Waals surface area contributed by atoms with Crippen LogP contribution in [0, 0.1) is 0 Å². The van der Waals surface area contributed by atoms with Gasteiger partial charge in [0.05, 0.1) is 13.2 Å². The third kappa shape index (κ3) is 3.75. The summed E-state index contributed by atoms with van der Waals surface area (Å²) in [6.45, 7) is 3.14. The summed E-state index contributed by atoms with van der Waals surface area (Å²) in [5.41, 5.74) is 1.06. The molecule has 0 saturated heterocycles. The highest BCUT2D eigenvalue weighted by Crippen LogP contribution is 1.92. The van der Waals surface area contributed by atoms with Crippen molar-refractivity contribution in [1.82, 2.24) is 10.3 Å². The van der Waals surface area contributed by atoms with E-state index in [4.69, 9.17) is 4.74 Å². The van der Waals surface area contributed by atoms with Crippen molar-refractivity contribution < 1.29 is 9.53 Å². The lowest BCUT2D eigenvalue weighted by molar-refractivity contribution is -0.142. The molecule has 0 saturated carbocycles. The third-order valence-corrected chi connectivity index (χ3v) is 1.55. The lowest BCUT2D eigenvalue weighted by Crippen LogP contribution is -2.24. The third-order valence-electron chi connectivity index (χ3n) is 1.55. The molecule has 1 heterocycles. The van der Waals surface area contributed by atoms with Crippen molar-refractivity contribution >= 4 is 5.97 Å². The van der Waals surface area contributed by atoms with E-state index in [1.54, 1.807) is 6.92 Å². The van der Waals surface area contributed by atoms with Gasteiger partial charge in [-0.1, -0.05) is 0 Å². The fourth-order valence-electron chi connectivity index (χ4n) is 0.989. The lowest BCUT2D eigenvalue weighted by Gasteiger charge is -2.02. The molecule has 0 atom stereocenters. The van der Waals surface area contributed by atoms with Crippen LogP contribution in [-0.4, -0.2) is 24.1 Å². The summed E-state index contributed by atoms with van der Waals surface area (Å²) in [6.07, 6.45) is 1.85. The monoisotopic (exact) mass is 182 g/mol. The number of H-pyrrole nitrogens is 1. The largest absolute Gasteiger partial charge is 0.465 e. The first-order valence-electron chi connectivity index (χ1n) is 4.31. The molecular weight excluding hydrogens is 168 g/mol. The van der Waals surface area contributed by atoms with Gasteiger partial charge in [-0.15, -0.1) is 0 Å². The first-order chi connectivity index (χ1) is 6.33. The van der Waals surface area contributed by atoms with E-state index in [2.05, 4.69) is 10.3 Å². The Morgan fingerprint density at radius 3 is 3.15 bits per heavy atom. The zero-order valence-corrected chi connectivity index (χ0v) is 7.67. The summed E-state index contributed by atoms with van der Waals surface area (Å²) in [4.78, 5) is 13.9. The van der Waals surface area contributed by atoms with Gasteiger partial charge < -0.3 is 15.0 Å². The van der Waals surface area contributed by atoms with Crippen LogP contribution in [0.15, 0.2) is 18.3 Å². The summed E-state index contributed by atoms with van der Waals surface area (Å²) in [7, 11) is 0. The molecule has 13 heavy (non-hydrogen) atoms. The minimum Gasteiger partial charge on any atom is -0.465 e. The van der Waals surface area contributed by atoms with Crippen molar-refractivity contribution in [2.45, 2.75) is 13.5 Å². The molecule has 0 amide bonds. The van der Waals surface area contributed by atoms with Gasteiger partial charge in [0.15, 0.2) is 0 Å². The number of aromatic amines is 1. The predicted octanol–water partition coefficient (Wildman–Crippen LogP) is 0.667. The molecule has 0 aliphatic rings. The van der Waals surface area contributed by atoms with Gasteiger partial charge >= 0.3 is 5.97 Å². The molecule has 2 N–H and O–H groups in total. The van der Waals surface area contributed by atoms with Crippen molar-refractivity contribution in [3.8, 4) is 0 Å². The van der Waals surface area contributed by atoms with E-state index < -0.39 is 0 Å². The molecule has 0 unspecified atom stereocenters. The molecule has 4 heteroatoms. The molecule has 1 aromatic rings. The van der Waals surface area contributed by atoms with Crippen molar-refractivity contribution in [3.05, 3.63) is 24.0 Å². The van der Waals surface area contributed by atoms with E-state index in [0.717, 1.165) is 5.69 Å². The van der Waals surface area contributed by atoms with Crippen LogP contribution in [-0.2, 0) is 16.1 Å². The highest BCUT2D eigenvalue weighted by molar-refractivity contribution is 5.71. The molecule has 0 bridgehead atoms. The van der Waals surface area contributed by atoms with Crippen LogP contribution in [0.4, 0.5) is 0 Å². The number of ether oxygens (including phenoxy) is 1. The van der Waals surface area contributed by atoms with Gasteiger partial charge in [0.25, 0.3) is 0 Å². The predicted molar refractivity (Wildman–Crippen MR) is 49.1 cm³/mol. The molecule has 4 nitrogen and oxygen atoms in total. The Hall–Kier alpha value is -1.29. The number of esters is 1. The Kier molecular flexibility index (Phi) is 4.05. The Labute approximate surface area is 77.3 Å². The van der Waals surface area contributed by atoms with E-state index in [0.29, 0.717) is 13.2 Å². The molecule has 0 fully saturated rings. The smallest absolute Gasteiger partial charge is 0.319 e. The van der Waals surface area contributed by atoms with E-state index in [9.17, 15) is 4.79 Å². The summed E-state index contributed by atoms with van der Waals surface area (Å²) < 4.78 is 4.75. The highest BCUT2D eigenvalue weighted by atomic mass is 16.5. The van der Waals surface area contributed by atoms with Crippen molar-refractivity contribution in [2.75, 3.05) is 13.2 Å². The summed E-state index contributed by atoms with van der Waals surface area (Å²) in [5.74, 6) is -0.214. The summed E-state index contributed by atoms with van der Waals surface area (Å²) in [6, 6.07) is 3.87. The van der Waals surface area contributed by atoms with Crippen LogP contribution in [0.2, 0.25) is 0 Å². The van der Waals surface area contributed by atoms with Crippen molar-refractivity contribution in [2.24, 2.45) is 0 Å². The van der Waals surface area contributed by atoms with Gasteiger partial charge in [-0.3, -0.25) is 4.79 Å². The van der Waals surface area contributed by atoms with E-state index in [-0.39, 0.29) is 12.5 Å². The number of rotatable bonds is 5. The van der Waals surface area contributed by atoms with Crippen LogP contribution >= 0.6 is 0 Å². The van der Waals surface area contributed by atoms with Crippen LogP contribution in [0.1, 0.15) is 12.6 Å². The second-order valence-electron chi connectivity index (χ2n) is 2.60. The van der Waals surface area contributed by atoms with Gasteiger partial charge in [0.1, 0.15) is 0 Å². The average molecular weight is 182 g/mol. The topological polar surface area (TPSA) is 54.1 Å². The maximum Gasteiger partial charge on any atom is 0.319 e. The molecule has 72 valence electrons. The Balaban J connectivity index is 2.11. The number of aromatic nitrogens is 1. The fraction of sp³-hybridized carbons (Fsp3) is 0.444. The van der Waals surface area contributed by atoms with Gasteiger partial charge in [-0.2, -0.15) is 0 Å². The molecule has 0 radical (unpaired) electrons. The standard InChI is InChI=1S/C9H14N2O2/c1-2-13-9(12)7-10-6-8-4-3-5-11-8/h3-5,10-11H,2,6-7H2,1H3. The highest BCUT2D eigenvalue weighted by Gasteiger charge is 1.99. The van der Waals surface area contributed by atoms with Crippen LogP contribution in [0.25, 0.3) is 0 Å². The average Bonchev–Trinajstić information content (AvgIpc) is 2.57. The molecule has 1 aromatic heterocycles. The second-order valence-corrected chi connectivity index (χ2v) is 2.60. The molecule has 0 aliphatic carbocycles. The van der Waals surface area contributed by atoms with Crippen LogP contribution in [0.5, 0.6) is 0 Å². The lowest BCUT2D eigenvalue weighted by atomic mass is 10.4. The molecule has 0 aromatic carbocycles. The zero-order valence-electron chi connectivity index (χ0n) is 7.67. The number of hydrogen-bond acceptors (Lipinski definition) is 3. The van der Waals surface area contributed by atoms with E-state index >= 15 is 0 Å². The molecule has 1 rings (SSSR count). The van der Waals surface area contributed by atoms with Crippen LogP contribution < -0.4 is 5.32 Å². The molecular formula is C9H14N2O2. The first-order valence-corrected chi connectivity index (χ1v) is 4.31. The quantitative estimate of drug-likeness (QED) is 0.658. The van der Waals surface area contributed by atoms with E-state index in [1.165, 1.54) is 0 Å². The second kappa shape index (κ2) is 5.37. The Morgan fingerprint density at radius 1 is 1.69 bits per heavy atom. The van der Waals surface area contributed by atoms with Gasteiger partial charge in [0, 0.05) is 18.4 Å². The minimum atomic E-state index is -0.214. The maximum absolute atomic E-state index is 10.9. The van der Waals surface area contributed by atoms with Gasteiger partial charge in [-0.25, -0.2) is 0 Å². The summed E-state index contributed by atoms with van der Waals surface area (Å²) >= 11 is 0. The SMILES string of the molecule is CCOC(=O)CNCc1ccc[nH]1. The maximum atomic E-state index is 10.9. The molecule has 0 spiro atoms.